The molecule has 1 unspecified atom stereocenters. The van der Waals surface area contributed by atoms with Gasteiger partial charge in [-0.15, -0.1) is 0 Å². The molecule has 0 saturated carbocycles. The molecule has 0 aliphatic heterocycles. The van der Waals surface area contributed by atoms with Crippen LogP contribution in [0.3, 0.4) is 0 Å². The number of nitriles is 1. The van der Waals surface area contributed by atoms with Crippen LogP contribution in [-0.2, 0) is 6.54 Å². The molecule has 2 aromatic carbocycles. The standard InChI is InChI=1S/C16H15BrN2O/c1-11(13-7-5-12(9-18)6-8-13)19-10-14-3-2-4-15(17)16(14)20/h2-8,11,19-20H,10H2,1H3. The Kier molecular flexibility index (Phi) is 4.78. The SMILES string of the molecule is CC(NCc1cccc(Br)c1O)c1ccc(C#N)cc1. The molecular weight excluding hydrogens is 316 g/mol. The van der Waals surface area contributed by atoms with E-state index in [4.69, 9.17) is 5.26 Å². The van der Waals surface area contributed by atoms with Crippen molar-refractivity contribution in [1.82, 2.24) is 5.32 Å². The molecule has 0 fully saturated rings. The van der Waals surface area contributed by atoms with Gasteiger partial charge in [0.1, 0.15) is 5.75 Å². The van der Waals surface area contributed by atoms with E-state index in [1.54, 1.807) is 0 Å². The number of phenols is 1. The fourth-order valence-corrected chi connectivity index (χ4v) is 2.34. The van der Waals surface area contributed by atoms with Gasteiger partial charge >= 0.3 is 0 Å². The molecule has 0 amide bonds. The quantitative estimate of drug-likeness (QED) is 0.894. The number of halogens is 1. The van der Waals surface area contributed by atoms with Crippen LogP contribution in [-0.4, -0.2) is 5.11 Å². The topological polar surface area (TPSA) is 56.0 Å². The summed E-state index contributed by atoms with van der Waals surface area (Å²) in [5.41, 5.74) is 2.61. The molecule has 2 rings (SSSR count). The van der Waals surface area contributed by atoms with Crippen LogP contribution in [0.25, 0.3) is 0 Å². The van der Waals surface area contributed by atoms with E-state index in [0.717, 1.165) is 11.1 Å². The highest BCUT2D eigenvalue weighted by atomic mass is 79.9. The molecule has 20 heavy (non-hydrogen) atoms. The van der Waals surface area contributed by atoms with Crippen LogP contribution in [0.4, 0.5) is 0 Å². The molecule has 0 aliphatic carbocycles. The lowest BCUT2D eigenvalue weighted by atomic mass is 10.1. The number of para-hydroxylation sites is 1. The van der Waals surface area contributed by atoms with E-state index in [9.17, 15) is 5.11 Å². The molecule has 0 aromatic heterocycles. The molecule has 102 valence electrons. The van der Waals surface area contributed by atoms with Crippen LogP contribution in [0, 0.1) is 11.3 Å². The second-order valence-corrected chi connectivity index (χ2v) is 5.44. The third-order valence-corrected chi connectivity index (χ3v) is 3.85. The fraction of sp³-hybridized carbons (Fsp3) is 0.188. The first-order chi connectivity index (χ1) is 9.61. The minimum Gasteiger partial charge on any atom is -0.506 e. The van der Waals surface area contributed by atoms with Gasteiger partial charge in [0.2, 0.25) is 0 Å². The van der Waals surface area contributed by atoms with Crippen molar-refractivity contribution < 1.29 is 5.11 Å². The lowest BCUT2D eigenvalue weighted by Gasteiger charge is -2.15. The van der Waals surface area contributed by atoms with Crippen molar-refractivity contribution >= 4 is 15.9 Å². The number of hydrogen-bond acceptors (Lipinski definition) is 3. The zero-order chi connectivity index (χ0) is 14.5. The molecule has 3 nitrogen and oxygen atoms in total. The molecule has 0 aliphatic rings. The minimum atomic E-state index is 0.140. The Morgan fingerprint density at radius 3 is 2.60 bits per heavy atom. The molecule has 0 heterocycles. The Hall–Kier alpha value is -1.83. The molecule has 2 N–H and O–H groups in total. The minimum absolute atomic E-state index is 0.140. The Morgan fingerprint density at radius 2 is 1.95 bits per heavy atom. The summed E-state index contributed by atoms with van der Waals surface area (Å²) in [5, 5.41) is 22.1. The summed E-state index contributed by atoms with van der Waals surface area (Å²) in [6.45, 7) is 2.63. The van der Waals surface area contributed by atoms with Crippen molar-refractivity contribution in [2.75, 3.05) is 0 Å². The van der Waals surface area contributed by atoms with Crippen molar-refractivity contribution in [2.45, 2.75) is 19.5 Å². The number of rotatable bonds is 4. The van der Waals surface area contributed by atoms with Gasteiger partial charge in [0, 0.05) is 18.2 Å². The fourth-order valence-electron chi connectivity index (χ4n) is 1.93. The predicted octanol–water partition coefficient (Wildman–Crippen LogP) is 3.88. The van der Waals surface area contributed by atoms with E-state index in [1.165, 1.54) is 0 Å². The molecule has 1 atom stereocenters. The highest BCUT2D eigenvalue weighted by molar-refractivity contribution is 9.10. The summed E-state index contributed by atoms with van der Waals surface area (Å²) < 4.78 is 0.697. The van der Waals surface area contributed by atoms with Gasteiger partial charge in [-0.1, -0.05) is 24.3 Å². The number of aromatic hydroxyl groups is 1. The number of hydrogen-bond donors (Lipinski definition) is 2. The second-order valence-electron chi connectivity index (χ2n) is 4.58. The van der Waals surface area contributed by atoms with Gasteiger partial charge in [0.25, 0.3) is 0 Å². The van der Waals surface area contributed by atoms with Crippen molar-refractivity contribution in [2.24, 2.45) is 0 Å². The van der Waals surface area contributed by atoms with Crippen LogP contribution in [0.5, 0.6) is 5.75 Å². The van der Waals surface area contributed by atoms with Crippen molar-refractivity contribution in [1.29, 1.82) is 5.26 Å². The molecular formula is C16H15BrN2O. The van der Waals surface area contributed by atoms with Crippen LogP contribution >= 0.6 is 15.9 Å². The molecule has 0 radical (unpaired) electrons. The van der Waals surface area contributed by atoms with Gasteiger partial charge in [-0.3, -0.25) is 0 Å². The second kappa shape index (κ2) is 6.56. The summed E-state index contributed by atoms with van der Waals surface area (Å²) in [6, 6.07) is 15.3. The highest BCUT2D eigenvalue weighted by Crippen LogP contribution is 2.27. The maximum absolute atomic E-state index is 9.93. The van der Waals surface area contributed by atoms with Gasteiger partial charge in [0.15, 0.2) is 0 Å². The summed E-state index contributed by atoms with van der Waals surface area (Å²) in [4.78, 5) is 0. The van der Waals surface area contributed by atoms with Gasteiger partial charge in [-0.05, 0) is 46.6 Å². The van der Waals surface area contributed by atoms with E-state index >= 15 is 0 Å². The van der Waals surface area contributed by atoms with Gasteiger partial charge in [0.05, 0.1) is 16.1 Å². The summed E-state index contributed by atoms with van der Waals surface area (Å²) >= 11 is 3.31. The van der Waals surface area contributed by atoms with E-state index in [0.29, 0.717) is 16.6 Å². The molecule has 0 saturated heterocycles. The van der Waals surface area contributed by atoms with Crippen LogP contribution in [0.15, 0.2) is 46.9 Å². The van der Waals surface area contributed by atoms with Crippen molar-refractivity contribution in [3.8, 4) is 11.8 Å². The Morgan fingerprint density at radius 1 is 1.25 bits per heavy atom. The van der Waals surface area contributed by atoms with E-state index in [1.807, 2.05) is 42.5 Å². The largest absolute Gasteiger partial charge is 0.506 e. The highest BCUT2D eigenvalue weighted by Gasteiger charge is 2.08. The van der Waals surface area contributed by atoms with Crippen LogP contribution in [0.2, 0.25) is 0 Å². The predicted molar refractivity (Wildman–Crippen MR) is 82.2 cm³/mol. The summed E-state index contributed by atoms with van der Waals surface area (Å²) in [7, 11) is 0. The number of nitrogens with one attached hydrogen (secondary N) is 1. The Balaban J connectivity index is 2.03. The third-order valence-electron chi connectivity index (χ3n) is 3.21. The monoisotopic (exact) mass is 330 g/mol. The van der Waals surface area contributed by atoms with Gasteiger partial charge in [-0.25, -0.2) is 0 Å². The van der Waals surface area contributed by atoms with E-state index in [-0.39, 0.29) is 11.8 Å². The maximum Gasteiger partial charge on any atom is 0.134 e. The number of phenolic OH excluding ortho intramolecular Hbond substituents is 1. The number of nitrogens with zero attached hydrogens (tertiary/aromatic N) is 1. The first-order valence-electron chi connectivity index (χ1n) is 6.31. The first-order valence-corrected chi connectivity index (χ1v) is 7.11. The van der Waals surface area contributed by atoms with Crippen molar-refractivity contribution in [3.63, 3.8) is 0 Å². The zero-order valence-electron chi connectivity index (χ0n) is 11.1. The van der Waals surface area contributed by atoms with Crippen LogP contribution in [0.1, 0.15) is 29.7 Å². The third kappa shape index (κ3) is 3.38. The normalized spacial score (nSPS) is 11.8. The van der Waals surface area contributed by atoms with Crippen LogP contribution < -0.4 is 5.32 Å². The lowest BCUT2D eigenvalue weighted by Crippen LogP contribution is -2.18. The average molecular weight is 331 g/mol. The van der Waals surface area contributed by atoms with E-state index < -0.39 is 0 Å². The summed E-state index contributed by atoms with van der Waals surface area (Å²) in [5.74, 6) is 0.270. The maximum atomic E-state index is 9.93. The lowest BCUT2D eigenvalue weighted by molar-refractivity contribution is 0.457. The van der Waals surface area contributed by atoms with Crippen molar-refractivity contribution in [3.05, 3.63) is 63.6 Å². The zero-order valence-corrected chi connectivity index (χ0v) is 12.7. The molecule has 4 heteroatoms. The first kappa shape index (κ1) is 14.6. The molecule has 0 spiro atoms. The van der Waals surface area contributed by atoms with Gasteiger partial charge in [-0.2, -0.15) is 5.26 Å². The molecule has 2 aromatic rings. The number of benzene rings is 2. The smallest absolute Gasteiger partial charge is 0.134 e. The Bertz CT molecular complexity index is 632. The average Bonchev–Trinajstić information content (AvgIpc) is 2.48. The van der Waals surface area contributed by atoms with Gasteiger partial charge < -0.3 is 10.4 Å². The van der Waals surface area contributed by atoms with E-state index in [2.05, 4.69) is 34.2 Å². The summed E-state index contributed by atoms with van der Waals surface area (Å²) in [6.07, 6.45) is 0. The molecule has 0 bridgehead atoms. The Labute approximate surface area is 127 Å².